The highest BCUT2D eigenvalue weighted by Gasteiger charge is 2.73. The van der Waals surface area contributed by atoms with E-state index in [0.717, 1.165) is 38.3 Å². The number of para-hydroxylation sites is 1. The summed E-state index contributed by atoms with van der Waals surface area (Å²) < 4.78 is 61.5. The number of esters is 2. The Hall–Kier alpha value is -10.3. The number of hydrogen-bond donors (Lipinski definition) is 2. The highest BCUT2D eigenvalue weighted by atomic mass is 16.6. The molecule has 0 aromatic heterocycles. The summed E-state index contributed by atoms with van der Waals surface area (Å²) in [6.45, 7) is 0. The van der Waals surface area contributed by atoms with Crippen LogP contribution < -0.4 is 34.5 Å². The number of carbonyl (C=O) groups excluding carboxylic acids is 8. The molecule has 22 nitrogen and oxygen atoms in total. The predicted octanol–water partition coefficient (Wildman–Crippen LogP) is 7.24. The van der Waals surface area contributed by atoms with E-state index in [1.54, 1.807) is 52.7 Å². The number of imide groups is 2. The van der Waals surface area contributed by atoms with E-state index < -0.39 is 107 Å². The fourth-order valence-electron chi connectivity index (χ4n) is 14.5. The molecule has 6 fully saturated rings. The van der Waals surface area contributed by atoms with Gasteiger partial charge in [-0.05, 0) is 94.0 Å². The number of amides is 6. The lowest BCUT2D eigenvalue weighted by molar-refractivity contribution is -0.172. The van der Waals surface area contributed by atoms with Crippen LogP contribution in [-0.2, 0) is 78.0 Å². The molecule has 12 atom stereocenters. The number of fused-ring (bicyclic) bond motifs is 10. The first kappa shape index (κ1) is 66.7. The van der Waals surface area contributed by atoms with E-state index >= 15 is 0 Å². The average molecular weight is 1320 g/mol. The van der Waals surface area contributed by atoms with Crippen LogP contribution in [0.3, 0.4) is 0 Å². The number of benzene rings is 7. The summed E-state index contributed by atoms with van der Waals surface area (Å²) in [7, 11) is 10.8. The lowest BCUT2D eigenvalue weighted by atomic mass is 9.76. The Morgan fingerprint density at radius 1 is 0.381 bits per heavy atom. The van der Waals surface area contributed by atoms with E-state index in [1.165, 1.54) is 26.0 Å². The second kappa shape index (κ2) is 28.2. The van der Waals surface area contributed by atoms with Gasteiger partial charge in [-0.1, -0.05) is 127 Å². The van der Waals surface area contributed by atoms with Crippen molar-refractivity contribution >= 4 is 53.1 Å². The molecule has 0 aliphatic carbocycles. The Morgan fingerprint density at radius 2 is 0.660 bits per heavy atom. The number of methoxy groups -OCH3 is 4. The number of rotatable bonds is 23. The van der Waals surface area contributed by atoms with Crippen LogP contribution in [0.5, 0.6) is 23.0 Å². The van der Waals surface area contributed by atoms with Crippen molar-refractivity contribution in [3.63, 3.8) is 0 Å². The van der Waals surface area contributed by atoms with Gasteiger partial charge in [0.1, 0.15) is 70.8 Å². The molecule has 6 saturated heterocycles. The Bertz CT molecular complexity index is 3930. The van der Waals surface area contributed by atoms with Crippen LogP contribution in [0.25, 0.3) is 0 Å². The van der Waals surface area contributed by atoms with Crippen molar-refractivity contribution in [3.8, 4) is 23.0 Å². The normalized spacial score (nSPS) is 24.2. The third kappa shape index (κ3) is 12.2. The SMILES string of the molecule is CNC(=O)CCC(=O)OC1C(OC(c2ccccc2)(c2ccc(OC)cc2)c2ccc(OC)cc2)C2OC1C1C(=O)N(C)C(=O)C21.CNC(=O)CCC(=O)OC1C(OC(c2ccccc2)(c2ccc(OC)cc2)c2ccc(OC)cc2)C2OC1C1C(=O)N(c3ccccc3)C(=O)C21. The van der Waals surface area contributed by atoms with Gasteiger partial charge in [0.2, 0.25) is 35.4 Å². The number of anilines is 1. The maximum absolute atomic E-state index is 14.2. The molecule has 4 bridgehead atoms. The largest absolute Gasteiger partial charge is 0.497 e. The van der Waals surface area contributed by atoms with E-state index in [9.17, 15) is 38.4 Å². The van der Waals surface area contributed by atoms with Gasteiger partial charge in [-0.3, -0.25) is 43.3 Å². The van der Waals surface area contributed by atoms with Gasteiger partial charge in [0.25, 0.3) is 0 Å². The minimum atomic E-state index is -1.34. The molecule has 13 rings (SSSR count). The first-order valence-electron chi connectivity index (χ1n) is 31.9. The third-order valence-corrected chi connectivity index (χ3v) is 19.2. The topological polar surface area (TPSA) is 259 Å². The number of nitrogens with zero attached hydrogens (tertiary/aromatic N) is 2. The molecule has 6 aliphatic heterocycles. The summed E-state index contributed by atoms with van der Waals surface area (Å²) in [4.78, 5) is 108. The first-order chi connectivity index (χ1) is 47.0. The minimum Gasteiger partial charge on any atom is -0.497 e. The summed E-state index contributed by atoms with van der Waals surface area (Å²) in [5.41, 5.74) is 2.24. The average Bonchev–Trinajstić information content (AvgIpc) is 1.60. The fourth-order valence-corrected chi connectivity index (χ4v) is 14.5. The fraction of sp³-hybridized carbons (Fsp3) is 0.333. The van der Waals surface area contributed by atoms with Gasteiger partial charge in [-0.15, -0.1) is 0 Å². The van der Waals surface area contributed by atoms with Crippen molar-refractivity contribution in [1.29, 1.82) is 0 Å². The second-order valence-corrected chi connectivity index (χ2v) is 24.2. The molecule has 6 amide bonds. The first-order valence-corrected chi connectivity index (χ1v) is 31.9. The molecule has 7 aromatic rings. The third-order valence-electron chi connectivity index (χ3n) is 19.2. The molecular formula is C75H74N4O18. The van der Waals surface area contributed by atoms with Crippen molar-refractivity contribution in [2.24, 2.45) is 23.7 Å². The number of carbonyl (C=O) groups is 8. The van der Waals surface area contributed by atoms with E-state index in [4.69, 9.17) is 47.4 Å². The second-order valence-electron chi connectivity index (χ2n) is 24.2. The van der Waals surface area contributed by atoms with E-state index in [0.29, 0.717) is 28.7 Å². The van der Waals surface area contributed by atoms with Crippen LogP contribution in [0.4, 0.5) is 5.69 Å². The Morgan fingerprint density at radius 3 is 0.959 bits per heavy atom. The highest BCUT2D eigenvalue weighted by molar-refractivity contribution is 6.23. The molecule has 0 spiro atoms. The van der Waals surface area contributed by atoms with Crippen molar-refractivity contribution in [1.82, 2.24) is 15.5 Å². The van der Waals surface area contributed by atoms with Gasteiger partial charge in [-0.2, -0.15) is 0 Å². The molecule has 0 saturated carbocycles. The smallest absolute Gasteiger partial charge is 0.306 e. The molecule has 6 aliphatic rings. The molecule has 502 valence electrons. The van der Waals surface area contributed by atoms with Gasteiger partial charge in [0.05, 0.1) is 70.6 Å². The molecule has 2 N–H and O–H groups in total. The molecule has 12 unspecified atom stereocenters. The van der Waals surface area contributed by atoms with Crippen LogP contribution in [-0.4, -0.2) is 151 Å². The van der Waals surface area contributed by atoms with E-state index in [2.05, 4.69) is 10.6 Å². The van der Waals surface area contributed by atoms with Gasteiger partial charge in [0.15, 0.2) is 12.2 Å². The minimum absolute atomic E-state index is 0.0691. The van der Waals surface area contributed by atoms with Crippen LogP contribution in [0.2, 0.25) is 0 Å². The van der Waals surface area contributed by atoms with Crippen molar-refractivity contribution in [2.45, 2.75) is 85.7 Å². The van der Waals surface area contributed by atoms with Crippen LogP contribution in [0.15, 0.2) is 188 Å². The van der Waals surface area contributed by atoms with E-state index in [1.807, 2.05) is 164 Å². The summed E-state index contributed by atoms with van der Waals surface area (Å²) in [6.07, 6.45) is -8.34. The Balaban J connectivity index is 0.000000186. The summed E-state index contributed by atoms with van der Waals surface area (Å²) in [5, 5.41) is 5.01. The molecule has 6 heterocycles. The standard InChI is InChI=1S/C40H38N2O9.C35H36N2O9/c1-41-30(43)22-23-31(44)49-36-34-32-33(39(46)42(38(32)45)27-12-8-5-9-13-27)35(50-34)37(36)51-40(24-10-6-4-7-11-24,25-14-18-28(47-2)19-15-25)26-16-20-29(48-3)21-17-26;1-36-25(38)18-19-26(39)44-31-29-27-28(34(41)37(2)33(27)40)30(45-29)32(31)46-35(20-8-6-5-7-9-20,21-10-14-23(42-3)15-11-21)22-12-16-24(43-4)17-13-22/h4-21,32-37H,22-23H2,1-3H3,(H,41,43);5-17,27-32H,18-19H2,1-4H3,(H,36,38). The van der Waals surface area contributed by atoms with Gasteiger partial charge < -0.3 is 58.0 Å². The van der Waals surface area contributed by atoms with Crippen molar-refractivity contribution in [3.05, 3.63) is 221 Å². The van der Waals surface area contributed by atoms with Crippen LogP contribution in [0, 0.1) is 23.7 Å². The maximum Gasteiger partial charge on any atom is 0.306 e. The number of hydrogen-bond acceptors (Lipinski definition) is 18. The molecule has 22 heteroatoms. The lowest BCUT2D eigenvalue weighted by Crippen LogP contribution is -2.54. The number of likely N-dealkylation sites (tertiary alicyclic amines) is 1. The zero-order chi connectivity index (χ0) is 68.3. The number of ether oxygens (including phenoxy) is 10. The van der Waals surface area contributed by atoms with Crippen LogP contribution >= 0.6 is 0 Å². The zero-order valence-corrected chi connectivity index (χ0v) is 54.4. The van der Waals surface area contributed by atoms with Gasteiger partial charge >= 0.3 is 11.9 Å². The Kier molecular flexibility index (Phi) is 19.4. The summed E-state index contributed by atoms with van der Waals surface area (Å²) >= 11 is 0. The van der Waals surface area contributed by atoms with Crippen LogP contribution in [0.1, 0.15) is 59.1 Å². The lowest BCUT2D eigenvalue weighted by Gasteiger charge is -2.42. The van der Waals surface area contributed by atoms with Crippen molar-refractivity contribution < 1.29 is 85.7 Å². The maximum atomic E-state index is 14.2. The van der Waals surface area contributed by atoms with Gasteiger partial charge in [-0.25, -0.2) is 4.90 Å². The monoisotopic (exact) mass is 1320 g/mol. The molecule has 0 radical (unpaired) electrons. The van der Waals surface area contributed by atoms with Crippen molar-refractivity contribution in [2.75, 3.05) is 54.5 Å². The molecular weight excluding hydrogens is 1240 g/mol. The van der Waals surface area contributed by atoms with E-state index in [-0.39, 0.29) is 49.3 Å². The molecule has 7 aromatic carbocycles. The zero-order valence-electron chi connectivity index (χ0n) is 54.4. The summed E-state index contributed by atoms with van der Waals surface area (Å²) in [6, 6.07) is 57.8. The highest BCUT2D eigenvalue weighted by Crippen LogP contribution is 2.56. The van der Waals surface area contributed by atoms with Gasteiger partial charge in [0, 0.05) is 34.0 Å². The Labute approximate surface area is 560 Å². The molecule has 97 heavy (non-hydrogen) atoms. The quantitative estimate of drug-likeness (QED) is 0.0363. The summed E-state index contributed by atoms with van der Waals surface area (Å²) in [5.74, 6) is -4.31. The number of nitrogens with one attached hydrogen (secondary N) is 2. The predicted molar refractivity (Wildman–Crippen MR) is 349 cm³/mol.